The summed E-state index contributed by atoms with van der Waals surface area (Å²) in [5.74, 6) is 0.105. The number of carbonyl (C=O) groups excluding carboxylic acids is 2. The molecule has 0 unspecified atom stereocenters. The van der Waals surface area contributed by atoms with Crippen LogP contribution >= 0.6 is 11.6 Å². The molecule has 0 aliphatic carbocycles. The first-order chi connectivity index (χ1) is 16.9. The van der Waals surface area contributed by atoms with E-state index in [1.807, 2.05) is 85.3 Å². The summed E-state index contributed by atoms with van der Waals surface area (Å²) in [7, 11) is 0. The van der Waals surface area contributed by atoms with Gasteiger partial charge in [-0.2, -0.15) is 0 Å². The van der Waals surface area contributed by atoms with Crippen LogP contribution < -0.4 is 4.74 Å². The molecule has 0 aliphatic heterocycles. The van der Waals surface area contributed by atoms with Crippen LogP contribution in [0.25, 0.3) is 17.8 Å². The molecule has 176 valence electrons. The first-order valence-electron chi connectivity index (χ1n) is 10.9. The first-order valence-corrected chi connectivity index (χ1v) is 11.3. The van der Waals surface area contributed by atoms with Crippen LogP contribution in [0.4, 0.5) is 0 Å². The second-order valence-electron chi connectivity index (χ2n) is 7.68. The molecule has 1 heterocycles. The minimum atomic E-state index is -0.449. The predicted octanol–water partition coefficient (Wildman–Crippen LogP) is 6.57. The van der Waals surface area contributed by atoms with E-state index in [-0.39, 0.29) is 0 Å². The van der Waals surface area contributed by atoms with Crippen molar-refractivity contribution in [2.45, 2.75) is 13.8 Å². The first kappa shape index (κ1) is 25.4. The number of benzene rings is 3. The number of allylic oxidation sites excluding steroid dienone is 1. The molecule has 4 rings (SSSR count). The number of rotatable bonds is 6. The van der Waals surface area contributed by atoms with Gasteiger partial charge in [-0.25, -0.2) is 9.78 Å². The van der Waals surface area contributed by atoms with Crippen molar-refractivity contribution in [2.24, 2.45) is 0 Å². The van der Waals surface area contributed by atoms with Crippen LogP contribution in [0.3, 0.4) is 0 Å². The van der Waals surface area contributed by atoms with Crippen LogP contribution in [0.15, 0.2) is 104 Å². The van der Waals surface area contributed by atoms with E-state index in [4.69, 9.17) is 16.3 Å². The minimum Gasteiger partial charge on any atom is -0.423 e. The molecule has 0 N–H and O–H groups in total. The summed E-state index contributed by atoms with van der Waals surface area (Å²) in [5.41, 5.74) is 5.28. The molecule has 0 fully saturated rings. The van der Waals surface area contributed by atoms with Gasteiger partial charge in [0.2, 0.25) is 5.24 Å². The molecule has 0 amide bonds. The summed E-state index contributed by atoms with van der Waals surface area (Å²) in [6, 6.07) is 23.0. The normalized spacial score (nSPS) is 10.7. The van der Waals surface area contributed by atoms with Gasteiger partial charge in [-0.3, -0.25) is 4.79 Å². The maximum absolute atomic E-state index is 11.8. The van der Waals surface area contributed by atoms with Gasteiger partial charge in [0.15, 0.2) is 0 Å². The number of aryl methyl sites for hydroxylation is 2. The van der Waals surface area contributed by atoms with Gasteiger partial charge in [0.05, 0.1) is 6.33 Å². The SMILES string of the molecule is Cc1ccc(/C=C/C(=O)Cl)cc1.Cc1ccc(/C=C/C(=O)Oc2ccc(-n3ccnc3)cc2)cc1. The third-order valence-electron chi connectivity index (χ3n) is 4.83. The van der Waals surface area contributed by atoms with E-state index in [0.717, 1.165) is 16.8 Å². The number of halogens is 1. The van der Waals surface area contributed by atoms with Gasteiger partial charge in [-0.05, 0) is 73.0 Å². The smallest absolute Gasteiger partial charge is 0.336 e. The highest BCUT2D eigenvalue weighted by Gasteiger charge is 2.02. The lowest BCUT2D eigenvalue weighted by molar-refractivity contribution is -0.128. The highest BCUT2D eigenvalue weighted by atomic mass is 35.5. The quantitative estimate of drug-likeness (QED) is 0.134. The summed E-state index contributed by atoms with van der Waals surface area (Å²) in [4.78, 5) is 26.2. The lowest BCUT2D eigenvalue weighted by Crippen LogP contribution is -2.03. The number of aromatic nitrogens is 2. The molecule has 0 atom stereocenters. The second kappa shape index (κ2) is 12.9. The van der Waals surface area contributed by atoms with E-state index in [2.05, 4.69) is 4.98 Å². The Bertz CT molecular complexity index is 1290. The zero-order valence-corrected chi connectivity index (χ0v) is 20.2. The maximum Gasteiger partial charge on any atom is 0.336 e. The Balaban J connectivity index is 0.000000241. The predicted molar refractivity (Wildman–Crippen MR) is 140 cm³/mol. The van der Waals surface area contributed by atoms with E-state index in [1.54, 1.807) is 36.8 Å². The lowest BCUT2D eigenvalue weighted by Gasteiger charge is -2.04. The number of nitrogens with zero attached hydrogens (tertiary/aromatic N) is 2. The molecule has 0 saturated carbocycles. The van der Waals surface area contributed by atoms with Gasteiger partial charge in [-0.15, -0.1) is 0 Å². The Labute approximate surface area is 210 Å². The number of esters is 1. The molecule has 5 nitrogen and oxygen atoms in total. The van der Waals surface area contributed by atoms with E-state index in [1.165, 1.54) is 23.3 Å². The van der Waals surface area contributed by atoms with E-state index in [9.17, 15) is 9.59 Å². The molecule has 1 aromatic heterocycles. The van der Waals surface area contributed by atoms with E-state index < -0.39 is 11.2 Å². The van der Waals surface area contributed by atoms with Crippen molar-refractivity contribution in [1.82, 2.24) is 9.55 Å². The van der Waals surface area contributed by atoms with Crippen LogP contribution in [0.5, 0.6) is 5.75 Å². The Morgan fingerprint density at radius 2 is 1.34 bits per heavy atom. The number of hydrogen-bond donors (Lipinski definition) is 0. The van der Waals surface area contributed by atoms with Gasteiger partial charge < -0.3 is 9.30 Å². The van der Waals surface area contributed by atoms with Crippen LogP contribution in [-0.2, 0) is 9.59 Å². The fraction of sp³-hybridized carbons (Fsp3) is 0.0690. The fourth-order valence-electron chi connectivity index (χ4n) is 2.93. The van der Waals surface area contributed by atoms with Crippen LogP contribution in [-0.4, -0.2) is 20.8 Å². The summed E-state index contributed by atoms with van der Waals surface area (Å²) in [6.45, 7) is 4.04. The molecule has 0 spiro atoms. The second-order valence-corrected chi connectivity index (χ2v) is 8.05. The highest BCUT2D eigenvalue weighted by Crippen LogP contribution is 2.15. The van der Waals surface area contributed by atoms with Crippen molar-refractivity contribution in [1.29, 1.82) is 0 Å². The zero-order chi connectivity index (χ0) is 25.0. The number of carbonyl (C=O) groups is 2. The molecule has 35 heavy (non-hydrogen) atoms. The Morgan fingerprint density at radius 3 is 1.83 bits per heavy atom. The summed E-state index contributed by atoms with van der Waals surface area (Å²) >= 11 is 5.13. The summed E-state index contributed by atoms with van der Waals surface area (Å²) < 4.78 is 7.16. The van der Waals surface area contributed by atoms with Gasteiger partial charge in [0, 0.05) is 24.2 Å². The van der Waals surface area contributed by atoms with Crippen molar-refractivity contribution in [3.8, 4) is 11.4 Å². The average molecular weight is 485 g/mol. The van der Waals surface area contributed by atoms with Crippen LogP contribution in [0, 0.1) is 13.8 Å². The molecule has 0 aliphatic rings. The van der Waals surface area contributed by atoms with Crippen LogP contribution in [0.1, 0.15) is 22.3 Å². The molecule has 0 radical (unpaired) electrons. The number of hydrogen-bond acceptors (Lipinski definition) is 4. The molecule has 6 heteroatoms. The third kappa shape index (κ3) is 8.91. The molecular weight excluding hydrogens is 460 g/mol. The Kier molecular flexibility index (Phi) is 9.34. The minimum absolute atomic E-state index is 0.402. The van der Waals surface area contributed by atoms with Gasteiger partial charge in [0.25, 0.3) is 0 Å². The largest absolute Gasteiger partial charge is 0.423 e. The third-order valence-corrected chi connectivity index (χ3v) is 4.96. The summed E-state index contributed by atoms with van der Waals surface area (Å²) in [5, 5.41) is -0.449. The van der Waals surface area contributed by atoms with Crippen LogP contribution in [0.2, 0.25) is 0 Å². The standard InChI is InChI=1S/C19H16N2O2.C10H9ClO/c1-15-2-4-16(5-3-15)6-11-19(22)23-18-9-7-17(8-10-18)21-13-12-20-14-21;1-8-2-4-9(5-3-8)6-7-10(11)12/h2-14H,1H3;2-7H,1H3/b11-6+;7-6+. The summed E-state index contributed by atoms with van der Waals surface area (Å²) in [6.07, 6.45) is 11.5. The Morgan fingerprint density at radius 1 is 0.800 bits per heavy atom. The van der Waals surface area contributed by atoms with Crippen molar-refractivity contribution < 1.29 is 14.3 Å². The average Bonchev–Trinajstić information content (AvgIpc) is 3.39. The molecular formula is C29H25ClN2O3. The van der Waals surface area contributed by atoms with Gasteiger partial charge >= 0.3 is 5.97 Å². The van der Waals surface area contributed by atoms with Crippen molar-refractivity contribution in [3.63, 3.8) is 0 Å². The molecule has 4 aromatic rings. The molecule has 3 aromatic carbocycles. The van der Waals surface area contributed by atoms with Gasteiger partial charge in [0.1, 0.15) is 5.75 Å². The molecule has 0 saturated heterocycles. The highest BCUT2D eigenvalue weighted by molar-refractivity contribution is 6.66. The zero-order valence-electron chi connectivity index (χ0n) is 19.5. The topological polar surface area (TPSA) is 61.2 Å². The van der Waals surface area contributed by atoms with Crippen molar-refractivity contribution in [3.05, 3.63) is 126 Å². The molecule has 0 bridgehead atoms. The maximum atomic E-state index is 11.8. The lowest BCUT2D eigenvalue weighted by atomic mass is 10.1. The van der Waals surface area contributed by atoms with Gasteiger partial charge in [-0.1, -0.05) is 65.7 Å². The number of ether oxygens (including phenoxy) is 1. The van der Waals surface area contributed by atoms with E-state index in [0.29, 0.717) is 5.75 Å². The number of imidazole rings is 1. The Hall–Kier alpha value is -4.22. The van der Waals surface area contributed by atoms with Crippen molar-refractivity contribution >= 4 is 35.0 Å². The fourth-order valence-corrected chi connectivity index (χ4v) is 2.99. The van der Waals surface area contributed by atoms with Crippen molar-refractivity contribution in [2.75, 3.05) is 0 Å². The monoisotopic (exact) mass is 484 g/mol. The van der Waals surface area contributed by atoms with E-state index >= 15 is 0 Å².